The first-order valence-corrected chi connectivity index (χ1v) is 4.12. The molecule has 1 rings (SSSR count). The molecule has 6 N–H and O–H groups in total. The Kier molecular flexibility index (Phi) is 3.06. The van der Waals surface area contributed by atoms with Crippen LogP contribution < -0.4 is 16.8 Å². The molecule has 0 aromatic heterocycles. The summed E-state index contributed by atoms with van der Waals surface area (Å²) >= 11 is 0. The number of aryl methyl sites for hydroxylation is 1. The van der Waals surface area contributed by atoms with Crippen molar-refractivity contribution in [1.82, 2.24) is 0 Å². The lowest BCUT2D eigenvalue weighted by molar-refractivity contribution is 0.0697. The molecule has 5 nitrogen and oxygen atoms in total. The number of carboxylic acids is 1. The van der Waals surface area contributed by atoms with E-state index in [-0.39, 0.29) is 5.56 Å². The Morgan fingerprint density at radius 2 is 2.14 bits per heavy atom. The van der Waals surface area contributed by atoms with Crippen molar-refractivity contribution in [2.75, 3.05) is 5.32 Å². The molecule has 0 unspecified atom stereocenters. The summed E-state index contributed by atoms with van der Waals surface area (Å²) in [5, 5.41) is 11.5. The third kappa shape index (κ3) is 2.45. The Balaban J connectivity index is 3.02. The van der Waals surface area contributed by atoms with Crippen LogP contribution in [0.3, 0.4) is 0 Å². The molecular formula is C9H13N3O2. The van der Waals surface area contributed by atoms with Crippen molar-refractivity contribution in [3.63, 3.8) is 0 Å². The standard InChI is InChI=1S/C9H13N3O2/c1-5-2-3-6(8(13)14)4-7(5)12-9(10)11/h2-4,9,12H,10-11H2,1H3,(H,13,14). The monoisotopic (exact) mass is 195 g/mol. The van der Waals surface area contributed by atoms with E-state index in [4.69, 9.17) is 16.6 Å². The van der Waals surface area contributed by atoms with Gasteiger partial charge in [-0.25, -0.2) is 4.79 Å². The predicted molar refractivity (Wildman–Crippen MR) is 53.9 cm³/mol. The maximum absolute atomic E-state index is 10.7. The zero-order valence-corrected chi connectivity index (χ0v) is 7.82. The lowest BCUT2D eigenvalue weighted by atomic mass is 10.1. The van der Waals surface area contributed by atoms with Crippen molar-refractivity contribution in [1.29, 1.82) is 0 Å². The number of aromatic carboxylic acids is 1. The molecule has 5 heteroatoms. The van der Waals surface area contributed by atoms with Gasteiger partial charge in [-0.2, -0.15) is 0 Å². The highest BCUT2D eigenvalue weighted by Gasteiger charge is 2.06. The molecule has 1 aromatic carbocycles. The average Bonchev–Trinajstić information content (AvgIpc) is 2.07. The van der Waals surface area contributed by atoms with Crippen molar-refractivity contribution in [3.05, 3.63) is 29.3 Å². The van der Waals surface area contributed by atoms with Crippen LogP contribution in [-0.4, -0.2) is 17.4 Å². The van der Waals surface area contributed by atoms with Crippen molar-refractivity contribution >= 4 is 11.7 Å². The first-order valence-electron chi connectivity index (χ1n) is 4.12. The van der Waals surface area contributed by atoms with Gasteiger partial charge in [0, 0.05) is 5.69 Å². The summed E-state index contributed by atoms with van der Waals surface area (Å²) in [7, 11) is 0. The maximum Gasteiger partial charge on any atom is 0.335 e. The molecule has 0 saturated carbocycles. The van der Waals surface area contributed by atoms with Gasteiger partial charge in [0.1, 0.15) is 6.29 Å². The van der Waals surface area contributed by atoms with Gasteiger partial charge in [-0.3, -0.25) is 11.5 Å². The van der Waals surface area contributed by atoms with Gasteiger partial charge in [0.05, 0.1) is 5.56 Å². The molecule has 0 fully saturated rings. The van der Waals surface area contributed by atoms with Gasteiger partial charge in [0.15, 0.2) is 0 Å². The summed E-state index contributed by atoms with van der Waals surface area (Å²) in [5.74, 6) is -0.973. The van der Waals surface area contributed by atoms with E-state index in [2.05, 4.69) is 5.32 Å². The minimum atomic E-state index is -0.973. The number of benzene rings is 1. The predicted octanol–water partition coefficient (Wildman–Crippen LogP) is 0.306. The average molecular weight is 195 g/mol. The van der Waals surface area contributed by atoms with E-state index in [9.17, 15) is 4.79 Å². The molecule has 1 aromatic rings. The molecule has 0 amide bonds. The lowest BCUT2D eigenvalue weighted by Crippen LogP contribution is -2.38. The summed E-state index contributed by atoms with van der Waals surface area (Å²) in [4.78, 5) is 10.7. The third-order valence-electron chi connectivity index (χ3n) is 1.81. The number of anilines is 1. The summed E-state index contributed by atoms with van der Waals surface area (Å²) in [5.41, 5.74) is 12.4. The van der Waals surface area contributed by atoms with E-state index < -0.39 is 12.3 Å². The van der Waals surface area contributed by atoms with E-state index in [1.54, 1.807) is 6.07 Å². The van der Waals surface area contributed by atoms with Crippen LogP contribution in [-0.2, 0) is 0 Å². The van der Waals surface area contributed by atoms with Crippen LogP contribution in [0.5, 0.6) is 0 Å². The number of carboxylic acid groups (broad SMARTS) is 1. The number of hydrogen-bond donors (Lipinski definition) is 4. The second-order valence-electron chi connectivity index (χ2n) is 3.00. The molecule has 0 aliphatic rings. The van der Waals surface area contributed by atoms with Crippen LogP contribution in [0, 0.1) is 6.92 Å². The number of hydrogen-bond acceptors (Lipinski definition) is 4. The fraction of sp³-hybridized carbons (Fsp3) is 0.222. The fourth-order valence-electron chi connectivity index (χ4n) is 1.09. The van der Waals surface area contributed by atoms with Crippen molar-refractivity contribution in [2.24, 2.45) is 11.5 Å². The first-order chi connectivity index (χ1) is 6.50. The lowest BCUT2D eigenvalue weighted by Gasteiger charge is -2.12. The zero-order chi connectivity index (χ0) is 10.7. The molecule has 0 aliphatic carbocycles. The van der Waals surface area contributed by atoms with E-state index in [1.165, 1.54) is 12.1 Å². The Morgan fingerprint density at radius 1 is 1.50 bits per heavy atom. The van der Waals surface area contributed by atoms with E-state index >= 15 is 0 Å². The SMILES string of the molecule is Cc1ccc(C(=O)O)cc1NC(N)N. The Labute approximate surface area is 81.7 Å². The molecule has 0 saturated heterocycles. The Bertz CT molecular complexity index is 350. The molecule has 0 aliphatic heterocycles. The Hall–Kier alpha value is -1.59. The highest BCUT2D eigenvalue weighted by Crippen LogP contribution is 2.16. The van der Waals surface area contributed by atoms with Gasteiger partial charge in [0.25, 0.3) is 0 Å². The van der Waals surface area contributed by atoms with Crippen molar-refractivity contribution in [3.8, 4) is 0 Å². The molecule has 14 heavy (non-hydrogen) atoms. The largest absolute Gasteiger partial charge is 0.478 e. The smallest absolute Gasteiger partial charge is 0.335 e. The van der Waals surface area contributed by atoms with Crippen LogP contribution in [0.4, 0.5) is 5.69 Å². The second kappa shape index (κ2) is 4.08. The van der Waals surface area contributed by atoms with Crippen LogP contribution in [0.1, 0.15) is 15.9 Å². The van der Waals surface area contributed by atoms with Crippen molar-refractivity contribution in [2.45, 2.75) is 13.2 Å². The van der Waals surface area contributed by atoms with Crippen LogP contribution in [0.25, 0.3) is 0 Å². The molecule has 0 atom stereocenters. The second-order valence-corrected chi connectivity index (χ2v) is 3.00. The van der Waals surface area contributed by atoms with Crippen LogP contribution in [0.2, 0.25) is 0 Å². The number of rotatable bonds is 3. The molecule has 0 heterocycles. The highest BCUT2D eigenvalue weighted by atomic mass is 16.4. The van der Waals surface area contributed by atoms with E-state index in [0.717, 1.165) is 5.56 Å². The van der Waals surface area contributed by atoms with E-state index in [0.29, 0.717) is 5.69 Å². The zero-order valence-electron chi connectivity index (χ0n) is 7.82. The van der Waals surface area contributed by atoms with Gasteiger partial charge >= 0.3 is 5.97 Å². The molecular weight excluding hydrogens is 182 g/mol. The minimum Gasteiger partial charge on any atom is -0.478 e. The van der Waals surface area contributed by atoms with Gasteiger partial charge in [0.2, 0.25) is 0 Å². The van der Waals surface area contributed by atoms with Gasteiger partial charge in [-0.1, -0.05) is 6.07 Å². The first kappa shape index (κ1) is 10.5. The Morgan fingerprint density at radius 3 is 2.64 bits per heavy atom. The van der Waals surface area contributed by atoms with Crippen LogP contribution in [0.15, 0.2) is 18.2 Å². The number of nitrogens with two attached hydrogens (primary N) is 2. The normalized spacial score (nSPS) is 10.3. The quantitative estimate of drug-likeness (QED) is 0.520. The summed E-state index contributed by atoms with van der Waals surface area (Å²) in [6.07, 6.45) is -0.697. The molecule has 0 radical (unpaired) electrons. The highest BCUT2D eigenvalue weighted by molar-refractivity contribution is 5.89. The minimum absolute atomic E-state index is 0.207. The van der Waals surface area contributed by atoms with Gasteiger partial charge < -0.3 is 10.4 Å². The van der Waals surface area contributed by atoms with E-state index in [1.807, 2.05) is 6.92 Å². The summed E-state index contributed by atoms with van der Waals surface area (Å²) < 4.78 is 0. The number of carbonyl (C=O) groups is 1. The van der Waals surface area contributed by atoms with Crippen LogP contribution >= 0.6 is 0 Å². The maximum atomic E-state index is 10.7. The summed E-state index contributed by atoms with van der Waals surface area (Å²) in [6.45, 7) is 1.84. The molecule has 0 bridgehead atoms. The number of nitrogens with one attached hydrogen (secondary N) is 1. The van der Waals surface area contributed by atoms with Gasteiger partial charge in [-0.05, 0) is 24.6 Å². The summed E-state index contributed by atoms with van der Waals surface area (Å²) in [6, 6.07) is 4.74. The molecule has 0 spiro atoms. The van der Waals surface area contributed by atoms with Crippen molar-refractivity contribution < 1.29 is 9.90 Å². The van der Waals surface area contributed by atoms with Gasteiger partial charge in [-0.15, -0.1) is 0 Å². The molecule has 76 valence electrons. The fourth-order valence-corrected chi connectivity index (χ4v) is 1.09. The topological polar surface area (TPSA) is 101 Å². The third-order valence-corrected chi connectivity index (χ3v) is 1.81.